The lowest BCUT2D eigenvalue weighted by Crippen LogP contribution is -2.26. The Hall–Kier alpha value is -3.11. The quantitative estimate of drug-likeness (QED) is 0.570. The van der Waals surface area contributed by atoms with Gasteiger partial charge in [0.25, 0.3) is 0 Å². The summed E-state index contributed by atoms with van der Waals surface area (Å²) >= 11 is 0. The average Bonchev–Trinajstić information content (AvgIpc) is 2.80. The Balaban J connectivity index is 1.34. The van der Waals surface area contributed by atoms with Gasteiger partial charge in [-0.1, -0.05) is 66.7 Å². The summed E-state index contributed by atoms with van der Waals surface area (Å²) in [6.07, 6.45) is 3.76. The molecule has 1 atom stereocenters. The molecule has 4 nitrogen and oxygen atoms in total. The molecule has 1 amide bonds. The Labute approximate surface area is 177 Å². The largest absolute Gasteiger partial charge is 0.489 e. The molecule has 3 aromatic carbocycles. The van der Waals surface area contributed by atoms with Crippen molar-refractivity contribution in [3.05, 3.63) is 84.4 Å². The van der Waals surface area contributed by atoms with Crippen LogP contribution in [0.1, 0.15) is 24.8 Å². The van der Waals surface area contributed by atoms with Gasteiger partial charge in [-0.2, -0.15) is 0 Å². The van der Waals surface area contributed by atoms with Gasteiger partial charge in [-0.15, -0.1) is 0 Å². The fourth-order valence-corrected chi connectivity index (χ4v) is 3.64. The first-order valence-corrected chi connectivity index (χ1v) is 10.6. The van der Waals surface area contributed by atoms with Crippen molar-refractivity contribution in [3.8, 4) is 16.9 Å². The highest BCUT2D eigenvalue weighted by Crippen LogP contribution is 2.25. The van der Waals surface area contributed by atoms with Crippen LogP contribution in [0.15, 0.2) is 78.9 Å². The molecule has 0 aliphatic carbocycles. The number of hydrogen-bond acceptors (Lipinski definition) is 3. The van der Waals surface area contributed by atoms with Crippen LogP contribution in [0.2, 0.25) is 0 Å². The van der Waals surface area contributed by atoms with Gasteiger partial charge in [0.1, 0.15) is 12.4 Å². The SMILES string of the molecule is O=C(Cc1ccc(-c2ccccc2)cc1)Nc1ccccc1OCC1CCCCO1. The molecule has 4 rings (SSSR count). The number of amides is 1. The van der Waals surface area contributed by atoms with Crippen LogP contribution in [0.3, 0.4) is 0 Å². The molecule has 1 fully saturated rings. The first kappa shape index (κ1) is 20.2. The van der Waals surface area contributed by atoms with Crippen molar-refractivity contribution in [2.45, 2.75) is 31.8 Å². The maximum absolute atomic E-state index is 12.6. The molecule has 1 aliphatic rings. The zero-order chi connectivity index (χ0) is 20.6. The van der Waals surface area contributed by atoms with Crippen LogP contribution in [0.25, 0.3) is 11.1 Å². The molecule has 30 heavy (non-hydrogen) atoms. The number of rotatable bonds is 7. The summed E-state index contributed by atoms with van der Waals surface area (Å²) in [7, 11) is 0. The number of carbonyl (C=O) groups excluding carboxylic acids is 1. The van der Waals surface area contributed by atoms with Gasteiger partial charge in [0.15, 0.2) is 0 Å². The lowest BCUT2D eigenvalue weighted by Gasteiger charge is -2.23. The van der Waals surface area contributed by atoms with Crippen LogP contribution in [0, 0.1) is 0 Å². The van der Waals surface area contributed by atoms with Gasteiger partial charge >= 0.3 is 0 Å². The van der Waals surface area contributed by atoms with Gasteiger partial charge in [-0.25, -0.2) is 0 Å². The van der Waals surface area contributed by atoms with Gasteiger partial charge < -0.3 is 14.8 Å². The van der Waals surface area contributed by atoms with Crippen LogP contribution in [0.4, 0.5) is 5.69 Å². The minimum Gasteiger partial charge on any atom is -0.489 e. The number of carbonyl (C=O) groups is 1. The molecule has 1 heterocycles. The molecule has 3 aromatic rings. The Morgan fingerprint density at radius 3 is 2.40 bits per heavy atom. The van der Waals surface area contributed by atoms with E-state index in [1.54, 1.807) is 0 Å². The van der Waals surface area contributed by atoms with Crippen molar-refractivity contribution in [1.29, 1.82) is 0 Å². The molecule has 1 unspecified atom stereocenters. The zero-order valence-corrected chi connectivity index (χ0v) is 17.1. The highest BCUT2D eigenvalue weighted by molar-refractivity contribution is 5.93. The average molecular weight is 402 g/mol. The van der Waals surface area contributed by atoms with E-state index in [0.717, 1.165) is 30.6 Å². The van der Waals surface area contributed by atoms with Gasteiger partial charge in [0, 0.05) is 6.61 Å². The van der Waals surface area contributed by atoms with Crippen LogP contribution in [-0.2, 0) is 16.0 Å². The molecular formula is C26H27NO3. The molecular weight excluding hydrogens is 374 g/mol. The molecule has 1 aliphatic heterocycles. The highest BCUT2D eigenvalue weighted by atomic mass is 16.5. The number of nitrogens with one attached hydrogen (secondary N) is 1. The second-order valence-corrected chi connectivity index (χ2v) is 7.58. The van der Waals surface area contributed by atoms with Crippen molar-refractivity contribution in [2.75, 3.05) is 18.5 Å². The standard InChI is InChI=1S/C26H27NO3/c28-26(18-20-13-15-22(16-14-20)21-8-2-1-3-9-21)27-24-11-4-5-12-25(24)30-19-23-10-6-7-17-29-23/h1-5,8-9,11-16,23H,6-7,10,17-19H2,(H,27,28). The summed E-state index contributed by atoms with van der Waals surface area (Å²) < 4.78 is 11.7. The van der Waals surface area contributed by atoms with Crippen LogP contribution in [0.5, 0.6) is 5.75 Å². The van der Waals surface area contributed by atoms with E-state index in [1.807, 2.05) is 54.6 Å². The summed E-state index contributed by atoms with van der Waals surface area (Å²) in [5.74, 6) is 0.617. The number of benzene rings is 3. The Morgan fingerprint density at radius 1 is 0.900 bits per heavy atom. The molecule has 0 spiro atoms. The number of ether oxygens (including phenoxy) is 2. The molecule has 154 valence electrons. The topological polar surface area (TPSA) is 47.6 Å². The van der Waals surface area contributed by atoms with Gasteiger partial charge in [-0.05, 0) is 48.1 Å². The van der Waals surface area contributed by atoms with Gasteiger partial charge in [0.05, 0.1) is 18.2 Å². The summed E-state index contributed by atoms with van der Waals surface area (Å²) in [4.78, 5) is 12.6. The maximum atomic E-state index is 12.6. The fourth-order valence-electron chi connectivity index (χ4n) is 3.64. The Bertz CT molecular complexity index is 948. The summed E-state index contributed by atoms with van der Waals surface area (Å²) in [6.45, 7) is 1.31. The van der Waals surface area contributed by atoms with Crippen LogP contribution in [-0.4, -0.2) is 25.2 Å². The van der Waals surface area contributed by atoms with E-state index >= 15 is 0 Å². The van der Waals surface area contributed by atoms with E-state index in [9.17, 15) is 4.79 Å². The van der Waals surface area contributed by atoms with E-state index in [1.165, 1.54) is 12.0 Å². The predicted molar refractivity (Wildman–Crippen MR) is 120 cm³/mol. The first-order valence-electron chi connectivity index (χ1n) is 10.6. The number of hydrogen-bond donors (Lipinski definition) is 1. The third kappa shape index (κ3) is 5.49. The highest BCUT2D eigenvalue weighted by Gasteiger charge is 2.16. The van der Waals surface area contributed by atoms with Crippen molar-refractivity contribution >= 4 is 11.6 Å². The van der Waals surface area contributed by atoms with Crippen molar-refractivity contribution < 1.29 is 14.3 Å². The second-order valence-electron chi connectivity index (χ2n) is 7.58. The molecule has 0 aromatic heterocycles. The number of para-hydroxylation sites is 2. The van der Waals surface area contributed by atoms with Crippen molar-refractivity contribution in [3.63, 3.8) is 0 Å². The van der Waals surface area contributed by atoms with Crippen molar-refractivity contribution in [2.24, 2.45) is 0 Å². The summed E-state index contributed by atoms with van der Waals surface area (Å²) in [5.41, 5.74) is 3.98. The monoisotopic (exact) mass is 401 g/mol. The lowest BCUT2D eigenvalue weighted by atomic mass is 10.0. The molecule has 4 heteroatoms. The smallest absolute Gasteiger partial charge is 0.228 e. The Morgan fingerprint density at radius 2 is 1.63 bits per heavy atom. The zero-order valence-electron chi connectivity index (χ0n) is 17.1. The van der Waals surface area contributed by atoms with Gasteiger partial charge in [0.2, 0.25) is 5.91 Å². The van der Waals surface area contributed by atoms with Crippen LogP contribution < -0.4 is 10.1 Å². The van der Waals surface area contributed by atoms with E-state index in [4.69, 9.17) is 9.47 Å². The predicted octanol–water partition coefficient (Wildman–Crippen LogP) is 5.48. The molecule has 1 saturated heterocycles. The minimum atomic E-state index is -0.0626. The lowest BCUT2D eigenvalue weighted by molar-refractivity contribution is -0.115. The van der Waals surface area contributed by atoms with E-state index < -0.39 is 0 Å². The second kappa shape index (κ2) is 10.1. The van der Waals surface area contributed by atoms with Gasteiger partial charge in [-0.3, -0.25) is 4.79 Å². The van der Waals surface area contributed by atoms with E-state index in [2.05, 4.69) is 29.6 Å². The normalized spacial score (nSPS) is 16.1. The van der Waals surface area contributed by atoms with Crippen molar-refractivity contribution in [1.82, 2.24) is 0 Å². The minimum absolute atomic E-state index is 0.0626. The molecule has 0 radical (unpaired) electrons. The molecule has 0 bridgehead atoms. The fraction of sp³-hybridized carbons (Fsp3) is 0.269. The third-order valence-electron chi connectivity index (χ3n) is 5.29. The van der Waals surface area contributed by atoms with Crippen LogP contribution >= 0.6 is 0 Å². The first-order chi connectivity index (χ1) is 14.8. The third-order valence-corrected chi connectivity index (χ3v) is 5.29. The number of anilines is 1. The molecule has 0 saturated carbocycles. The maximum Gasteiger partial charge on any atom is 0.228 e. The van der Waals surface area contributed by atoms with E-state index in [-0.39, 0.29) is 12.0 Å². The van der Waals surface area contributed by atoms with E-state index in [0.29, 0.717) is 24.5 Å². The molecule has 1 N–H and O–H groups in total. The summed E-state index contributed by atoms with van der Waals surface area (Å²) in [5, 5.41) is 2.99. The Kier molecular flexibility index (Phi) is 6.78. The summed E-state index contributed by atoms with van der Waals surface area (Å²) in [6, 6.07) is 25.9.